The number of carbonyl (C=O) groups excluding carboxylic acids is 1. The quantitative estimate of drug-likeness (QED) is 0.675. The lowest BCUT2D eigenvalue weighted by Gasteiger charge is -2.35. The Bertz CT molecular complexity index is 588. The van der Waals surface area contributed by atoms with Crippen LogP contribution in [0.4, 0.5) is 0 Å². The van der Waals surface area contributed by atoms with Gasteiger partial charge in [0.25, 0.3) is 0 Å². The number of rotatable bonds is 7. The molecule has 3 unspecified atom stereocenters. The maximum absolute atomic E-state index is 12.6. The van der Waals surface area contributed by atoms with E-state index < -0.39 is 0 Å². The van der Waals surface area contributed by atoms with Crippen LogP contribution < -0.4 is 10.6 Å². The van der Waals surface area contributed by atoms with Gasteiger partial charge in [0.1, 0.15) is 0 Å². The number of nitrogens with one attached hydrogen (secondary N) is 2. The molecule has 2 aliphatic heterocycles. The van der Waals surface area contributed by atoms with Gasteiger partial charge in [-0.25, -0.2) is 0 Å². The van der Waals surface area contributed by atoms with Crippen molar-refractivity contribution in [3.63, 3.8) is 0 Å². The predicted molar refractivity (Wildman–Crippen MR) is 123 cm³/mol. The number of nitrogens with zero attached hydrogens (tertiary/aromatic N) is 1. The second kappa shape index (κ2) is 13.5. The van der Waals surface area contributed by atoms with Crippen LogP contribution in [0.5, 0.6) is 0 Å². The molecule has 2 N–H and O–H groups in total. The van der Waals surface area contributed by atoms with Gasteiger partial charge in [-0.2, -0.15) is 0 Å². The van der Waals surface area contributed by atoms with Gasteiger partial charge in [-0.15, -0.1) is 24.8 Å². The average molecular weight is 446 g/mol. The Morgan fingerprint density at radius 3 is 2.55 bits per heavy atom. The summed E-state index contributed by atoms with van der Waals surface area (Å²) in [4.78, 5) is 15.0. The van der Waals surface area contributed by atoms with Crippen molar-refractivity contribution in [2.24, 2.45) is 11.8 Å². The fourth-order valence-corrected chi connectivity index (χ4v) is 4.24. The van der Waals surface area contributed by atoms with Gasteiger partial charge in [-0.05, 0) is 50.3 Å². The molecule has 1 aromatic carbocycles. The van der Waals surface area contributed by atoms with Crippen molar-refractivity contribution < 1.29 is 9.53 Å². The molecular formula is C22H37Cl2N3O2. The van der Waals surface area contributed by atoms with Crippen molar-refractivity contribution in [2.45, 2.75) is 39.2 Å². The predicted octanol–water partition coefficient (Wildman–Crippen LogP) is 3.35. The first-order valence-electron chi connectivity index (χ1n) is 10.5. The summed E-state index contributed by atoms with van der Waals surface area (Å²) in [7, 11) is 0. The second-order valence-corrected chi connectivity index (χ2v) is 8.17. The average Bonchev–Trinajstić information content (AvgIpc) is 2.71. The molecule has 1 aromatic rings. The number of hydrogen-bond acceptors (Lipinski definition) is 4. The van der Waals surface area contributed by atoms with Crippen molar-refractivity contribution in [3.8, 4) is 0 Å². The minimum atomic E-state index is 0. The highest BCUT2D eigenvalue weighted by Gasteiger charge is 2.25. The van der Waals surface area contributed by atoms with Gasteiger partial charge < -0.3 is 15.4 Å². The Labute approximate surface area is 188 Å². The lowest BCUT2D eigenvalue weighted by atomic mass is 9.85. The molecule has 29 heavy (non-hydrogen) atoms. The first-order chi connectivity index (χ1) is 13.1. The molecule has 2 aliphatic rings. The van der Waals surface area contributed by atoms with Gasteiger partial charge >= 0.3 is 0 Å². The van der Waals surface area contributed by atoms with Crippen LogP contribution >= 0.6 is 24.8 Å². The summed E-state index contributed by atoms with van der Waals surface area (Å²) in [6.07, 6.45) is 3.08. The maximum Gasteiger partial charge on any atom is 0.220 e. The minimum Gasteiger partial charge on any atom is -0.379 e. The molecule has 0 bridgehead atoms. The van der Waals surface area contributed by atoms with E-state index in [1.165, 1.54) is 24.0 Å². The van der Waals surface area contributed by atoms with E-state index in [0.29, 0.717) is 24.8 Å². The Hall–Kier alpha value is -0.850. The van der Waals surface area contributed by atoms with E-state index in [9.17, 15) is 4.79 Å². The fourth-order valence-electron chi connectivity index (χ4n) is 4.24. The molecule has 3 rings (SSSR count). The Balaban J connectivity index is 0.00000210. The summed E-state index contributed by atoms with van der Waals surface area (Å²) in [5.74, 6) is 1.23. The molecule has 0 aliphatic carbocycles. The molecule has 7 heteroatoms. The summed E-state index contributed by atoms with van der Waals surface area (Å²) < 4.78 is 5.52. The molecule has 0 aromatic heterocycles. The lowest BCUT2D eigenvalue weighted by Crippen LogP contribution is -2.44. The maximum atomic E-state index is 12.6. The van der Waals surface area contributed by atoms with E-state index in [1.54, 1.807) is 0 Å². The summed E-state index contributed by atoms with van der Waals surface area (Å²) >= 11 is 0. The zero-order valence-corrected chi connectivity index (χ0v) is 19.3. The van der Waals surface area contributed by atoms with Gasteiger partial charge in [0.2, 0.25) is 5.91 Å². The fraction of sp³-hybridized carbons (Fsp3) is 0.682. The van der Waals surface area contributed by atoms with E-state index in [4.69, 9.17) is 4.74 Å². The molecule has 2 saturated heterocycles. The monoisotopic (exact) mass is 445 g/mol. The van der Waals surface area contributed by atoms with Crippen molar-refractivity contribution >= 4 is 30.7 Å². The zero-order chi connectivity index (χ0) is 19.1. The van der Waals surface area contributed by atoms with Crippen molar-refractivity contribution in [1.82, 2.24) is 15.5 Å². The lowest BCUT2D eigenvalue weighted by molar-refractivity contribution is -0.122. The third kappa shape index (κ3) is 8.06. The van der Waals surface area contributed by atoms with E-state index in [2.05, 4.69) is 53.6 Å². The zero-order valence-electron chi connectivity index (χ0n) is 17.7. The van der Waals surface area contributed by atoms with Crippen LogP contribution in [0.3, 0.4) is 0 Å². The first kappa shape index (κ1) is 26.2. The SMILES string of the molecule is Cc1ccc(C(CNC(=O)CC(C)C2CCCNC2)N2CCOCC2)cc1.Cl.Cl. The van der Waals surface area contributed by atoms with E-state index in [-0.39, 0.29) is 36.8 Å². The van der Waals surface area contributed by atoms with Crippen LogP contribution in [0.15, 0.2) is 24.3 Å². The highest BCUT2D eigenvalue weighted by molar-refractivity contribution is 5.85. The van der Waals surface area contributed by atoms with Crippen LogP contribution in [0, 0.1) is 18.8 Å². The minimum absolute atomic E-state index is 0. The number of benzene rings is 1. The highest BCUT2D eigenvalue weighted by Crippen LogP contribution is 2.24. The van der Waals surface area contributed by atoms with E-state index >= 15 is 0 Å². The first-order valence-corrected chi connectivity index (χ1v) is 10.5. The molecule has 166 valence electrons. The van der Waals surface area contributed by atoms with Crippen molar-refractivity contribution in [1.29, 1.82) is 0 Å². The second-order valence-electron chi connectivity index (χ2n) is 8.17. The highest BCUT2D eigenvalue weighted by atomic mass is 35.5. The third-order valence-electron chi connectivity index (χ3n) is 6.09. The molecule has 2 heterocycles. The normalized spacial score (nSPS) is 21.9. The number of aryl methyl sites for hydroxylation is 1. The van der Waals surface area contributed by atoms with E-state index in [1.807, 2.05) is 0 Å². The third-order valence-corrected chi connectivity index (χ3v) is 6.09. The molecule has 3 atom stereocenters. The largest absolute Gasteiger partial charge is 0.379 e. The standard InChI is InChI=1S/C22H35N3O2.2ClH/c1-17-5-7-19(8-6-17)21(25-10-12-27-13-11-25)16-24-22(26)14-18(2)20-4-3-9-23-15-20;;/h5-8,18,20-21,23H,3-4,9-16H2,1-2H3,(H,24,26);2*1H. The molecular weight excluding hydrogens is 409 g/mol. The van der Waals surface area contributed by atoms with Crippen LogP contribution in [-0.2, 0) is 9.53 Å². The van der Waals surface area contributed by atoms with Crippen molar-refractivity contribution in [2.75, 3.05) is 45.9 Å². The van der Waals surface area contributed by atoms with Gasteiger partial charge in [-0.3, -0.25) is 9.69 Å². The molecule has 0 spiro atoms. The molecule has 1 amide bonds. The van der Waals surface area contributed by atoms with Crippen LogP contribution in [0.1, 0.15) is 43.4 Å². The number of hydrogen-bond donors (Lipinski definition) is 2. The smallest absolute Gasteiger partial charge is 0.220 e. The van der Waals surface area contributed by atoms with Crippen LogP contribution in [0.2, 0.25) is 0 Å². The summed E-state index contributed by atoms with van der Waals surface area (Å²) in [6, 6.07) is 8.91. The van der Waals surface area contributed by atoms with Gasteiger partial charge in [0.05, 0.1) is 19.3 Å². The van der Waals surface area contributed by atoms with Crippen molar-refractivity contribution in [3.05, 3.63) is 35.4 Å². The Kier molecular flexibility index (Phi) is 12.1. The number of amides is 1. The number of halogens is 2. The van der Waals surface area contributed by atoms with Crippen LogP contribution in [-0.4, -0.2) is 56.7 Å². The number of carbonyl (C=O) groups is 1. The molecule has 0 radical (unpaired) electrons. The summed E-state index contributed by atoms with van der Waals surface area (Å²) in [5, 5.41) is 6.68. The summed E-state index contributed by atoms with van der Waals surface area (Å²) in [5.41, 5.74) is 2.53. The molecule has 0 saturated carbocycles. The topological polar surface area (TPSA) is 53.6 Å². The van der Waals surface area contributed by atoms with Gasteiger partial charge in [0.15, 0.2) is 0 Å². The Morgan fingerprint density at radius 2 is 1.93 bits per heavy atom. The number of ether oxygens (including phenoxy) is 1. The van der Waals surface area contributed by atoms with Gasteiger partial charge in [-0.1, -0.05) is 36.8 Å². The summed E-state index contributed by atoms with van der Waals surface area (Å²) in [6.45, 7) is 10.5. The number of piperidine rings is 1. The van der Waals surface area contributed by atoms with Crippen LogP contribution in [0.25, 0.3) is 0 Å². The van der Waals surface area contributed by atoms with E-state index in [0.717, 1.165) is 39.4 Å². The molecule has 2 fully saturated rings. The number of morpholine rings is 1. The van der Waals surface area contributed by atoms with Gasteiger partial charge in [0, 0.05) is 26.1 Å². The Morgan fingerprint density at radius 1 is 1.24 bits per heavy atom. The molecule has 5 nitrogen and oxygen atoms in total.